The van der Waals surface area contributed by atoms with E-state index in [-0.39, 0.29) is 0 Å². The van der Waals surface area contributed by atoms with E-state index in [1.807, 2.05) is 25.1 Å². The summed E-state index contributed by atoms with van der Waals surface area (Å²) in [6.45, 7) is 1.93. The highest BCUT2D eigenvalue weighted by atomic mass is 32.2. The number of methoxy groups -OCH3 is 1. The van der Waals surface area contributed by atoms with Crippen LogP contribution in [0.2, 0.25) is 0 Å². The van der Waals surface area contributed by atoms with E-state index in [2.05, 4.69) is 9.71 Å². The molecule has 2 aromatic carbocycles. The molecule has 0 fully saturated rings. The first-order chi connectivity index (χ1) is 11.6. The summed E-state index contributed by atoms with van der Waals surface area (Å²) >= 11 is -2.10. The molecule has 1 atom stereocenters. The number of nitrogens with one attached hydrogen (secondary N) is 1. The molecule has 0 saturated heterocycles. The van der Waals surface area contributed by atoms with Gasteiger partial charge in [-0.05, 0) is 43.3 Å². The third-order valence-corrected chi connectivity index (χ3v) is 3.89. The van der Waals surface area contributed by atoms with Crippen LogP contribution in [-0.4, -0.2) is 20.9 Å². The highest BCUT2D eigenvalue weighted by molar-refractivity contribution is 7.80. The summed E-state index contributed by atoms with van der Waals surface area (Å²) in [6.07, 6.45) is 1.75. The van der Waals surface area contributed by atoms with Crippen LogP contribution in [0.5, 0.6) is 17.2 Å². The van der Waals surface area contributed by atoms with Crippen molar-refractivity contribution in [2.45, 2.75) is 6.92 Å². The molecule has 3 aromatic rings. The molecule has 0 amide bonds. The molecule has 24 heavy (non-hydrogen) atoms. The standard InChI is InChI=1S/C17H16N2O4S/c1-11-10-18-16-9-14(22-2)7-8-15(16)17(11)23-13-5-3-12(4-6-13)19-24(20)21/h3-10,19H,1-2H3,(H,20,21). The first kappa shape index (κ1) is 16.2. The predicted molar refractivity (Wildman–Crippen MR) is 93.9 cm³/mol. The molecular weight excluding hydrogens is 328 g/mol. The van der Waals surface area contributed by atoms with Crippen molar-refractivity contribution in [3.63, 3.8) is 0 Å². The Morgan fingerprint density at radius 2 is 1.83 bits per heavy atom. The van der Waals surface area contributed by atoms with Gasteiger partial charge in [-0.3, -0.25) is 14.3 Å². The number of anilines is 1. The minimum absolute atomic E-state index is 0.532. The molecule has 2 N–H and O–H groups in total. The van der Waals surface area contributed by atoms with Crippen LogP contribution in [0.25, 0.3) is 10.9 Å². The Balaban J connectivity index is 1.94. The molecule has 124 valence electrons. The number of aromatic nitrogens is 1. The lowest BCUT2D eigenvalue weighted by Crippen LogP contribution is -2.01. The number of nitrogens with zero attached hydrogens (tertiary/aromatic N) is 1. The minimum atomic E-state index is -2.10. The first-order valence-electron chi connectivity index (χ1n) is 7.15. The fourth-order valence-electron chi connectivity index (χ4n) is 2.32. The topological polar surface area (TPSA) is 80.7 Å². The van der Waals surface area contributed by atoms with E-state index in [4.69, 9.17) is 14.0 Å². The van der Waals surface area contributed by atoms with E-state index in [0.717, 1.165) is 22.2 Å². The number of rotatable bonds is 5. The Morgan fingerprint density at radius 1 is 1.12 bits per heavy atom. The maximum atomic E-state index is 10.7. The lowest BCUT2D eigenvalue weighted by atomic mass is 10.1. The van der Waals surface area contributed by atoms with E-state index in [0.29, 0.717) is 17.2 Å². The summed E-state index contributed by atoms with van der Waals surface area (Å²) in [6, 6.07) is 12.4. The molecule has 0 aliphatic rings. The van der Waals surface area contributed by atoms with Gasteiger partial charge in [-0.1, -0.05) is 0 Å². The van der Waals surface area contributed by atoms with Crippen molar-refractivity contribution in [3.8, 4) is 17.2 Å². The van der Waals surface area contributed by atoms with Gasteiger partial charge in [0.15, 0.2) is 0 Å². The monoisotopic (exact) mass is 344 g/mol. The number of pyridine rings is 1. The number of fused-ring (bicyclic) bond motifs is 1. The third-order valence-electron chi connectivity index (χ3n) is 3.48. The molecule has 1 aromatic heterocycles. The zero-order valence-corrected chi connectivity index (χ0v) is 14.0. The van der Waals surface area contributed by atoms with Crippen LogP contribution in [0.4, 0.5) is 5.69 Å². The fourth-order valence-corrected chi connectivity index (χ4v) is 2.66. The minimum Gasteiger partial charge on any atom is -0.497 e. The van der Waals surface area contributed by atoms with Gasteiger partial charge >= 0.3 is 0 Å². The summed E-state index contributed by atoms with van der Waals surface area (Å²) in [4.78, 5) is 4.41. The highest BCUT2D eigenvalue weighted by Gasteiger charge is 2.10. The molecule has 0 aliphatic carbocycles. The molecule has 6 nitrogen and oxygen atoms in total. The Bertz CT molecular complexity index is 897. The zero-order valence-electron chi connectivity index (χ0n) is 13.1. The van der Waals surface area contributed by atoms with E-state index in [9.17, 15) is 4.21 Å². The van der Waals surface area contributed by atoms with Crippen LogP contribution in [-0.2, 0) is 11.3 Å². The van der Waals surface area contributed by atoms with E-state index in [1.54, 1.807) is 37.6 Å². The second kappa shape index (κ2) is 6.86. The smallest absolute Gasteiger partial charge is 0.259 e. The van der Waals surface area contributed by atoms with Crippen LogP contribution in [0.15, 0.2) is 48.7 Å². The van der Waals surface area contributed by atoms with Crippen LogP contribution >= 0.6 is 0 Å². The molecule has 0 radical (unpaired) electrons. The Morgan fingerprint density at radius 3 is 2.50 bits per heavy atom. The maximum absolute atomic E-state index is 10.7. The SMILES string of the molecule is COc1ccc2c(Oc3ccc(NS(=O)O)cc3)c(C)cnc2c1. The molecular formula is C17H16N2O4S. The van der Waals surface area contributed by atoms with Crippen molar-refractivity contribution in [3.05, 3.63) is 54.2 Å². The lowest BCUT2D eigenvalue weighted by molar-refractivity contribution is 0.415. The van der Waals surface area contributed by atoms with Gasteiger partial charge in [-0.2, -0.15) is 0 Å². The molecule has 3 rings (SSSR count). The number of benzene rings is 2. The number of aryl methyl sites for hydroxylation is 1. The fraction of sp³-hybridized carbons (Fsp3) is 0.118. The normalized spacial score (nSPS) is 12.0. The van der Waals surface area contributed by atoms with E-state index < -0.39 is 11.3 Å². The molecule has 0 aliphatic heterocycles. The van der Waals surface area contributed by atoms with Crippen LogP contribution in [0.1, 0.15) is 5.56 Å². The largest absolute Gasteiger partial charge is 0.497 e. The third kappa shape index (κ3) is 3.47. The van der Waals surface area contributed by atoms with Crippen molar-refractivity contribution in [1.82, 2.24) is 4.98 Å². The van der Waals surface area contributed by atoms with Gasteiger partial charge in [0.2, 0.25) is 0 Å². The van der Waals surface area contributed by atoms with E-state index >= 15 is 0 Å². The molecule has 0 spiro atoms. The van der Waals surface area contributed by atoms with Crippen molar-refractivity contribution in [2.75, 3.05) is 11.8 Å². The predicted octanol–water partition coefficient (Wildman–Crippen LogP) is 3.89. The number of hydrogen-bond donors (Lipinski definition) is 2. The summed E-state index contributed by atoms with van der Waals surface area (Å²) in [5, 5.41) is 0.884. The van der Waals surface area contributed by atoms with Crippen molar-refractivity contribution in [2.24, 2.45) is 0 Å². The van der Waals surface area contributed by atoms with Gasteiger partial charge in [0, 0.05) is 28.9 Å². The average Bonchev–Trinajstić information content (AvgIpc) is 2.58. The van der Waals surface area contributed by atoms with Gasteiger partial charge in [0.1, 0.15) is 17.2 Å². The lowest BCUT2D eigenvalue weighted by Gasteiger charge is -2.12. The summed E-state index contributed by atoms with van der Waals surface area (Å²) in [5.41, 5.74) is 2.22. The summed E-state index contributed by atoms with van der Waals surface area (Å²) in [5.74, 6) is 2.07. The maximum Gasteiger partial charge on any atom is 0.259 e. The van der Waals surface area contributed by atoms with Gasteiger partial charge < -0.3 is 9.47 Å². The number of ether oxygens (including phenoxy) is 2. The molecule has 1 heterocycles. The van der Waals surface area contributed by atoms with E-state index in [1.165, 1.54) is 0 Å². The first-order valence-corrected chi connectivity index (χ1v) is 8.26. The summed E-state index contributed by atoms with van der Waals surface area (Å²) in [7, 11) is 1.61. The second-order valence-corrected chi connectivity index (χ2v) is 5.83. The van der Waals surface area contributed by atoms with Gasteiger partial charge in [-0.15, -0.1) is 0 Å². The second-order valence-electron chi connectivity index (χ2n) is 5.13. The van der Waals surface area contributed by atoms with Crippen LogP contribution < -0.4 is 14.2 Å². The molecule has 0 bridgehead atoms. The van der Waals surface area contributed by atoms with Crippen LogP contribution in [0, 0.1) is 6.92 Å². The molecule has 1 unspecified atom stereocenters. The Kier molecular flexibility index (Phi) is 4.64. The Hall–Kier alpha value is -2.64. The van der Waals surface area contributed by atoms with Gasteiger partial charge in [0.05, 0.1) is 12.6 Å². The Labute approximate surface area is 141 Å². The zero-order chi connectivity index (χ0) is 17.1. The van der Waals surface area contributed by atoms with Crippen molar-refractivity contribution in [1.29, 1.82) is 0 Å². The summed E-state index contributed by atoms with van der Waals surface area (Å²) < 4.78 is 33.2. The van der Waals surface area contributed by atoms with Crippen molar-refractivity contribution >= 4 is 27.9 Å². The van der Waals surface area contributed by atoms with Crippen molar-refractivity contribution < 1.29 is 18.2 Å². The van der Waals surface area contributed by atoms with Gasteiger partial charge in [-0.25, -0.2) is 4.21 Å². The molecule has 0 saturated carbocycles. The highest BCUT2D eigenvalue weighted by Crippen LogP contribution is 2.34. The molecule has 7 heteroatoms. The quantitative estimate of drug-likeness (QED) is 0.686. The van der Waals surface area contributed by atoms with Crippen LogP contribution in [0.3, 0.4) is 0 Å². The average molecular weight is 344 g/mol. The van der Waals surface area contributed by atoms with Gasteiger partial charge in [0.25, 0.3) is 11.3 Å². The number of hydrogen-bond acceptors (Lipinski definition) is 4.